The molecule has 0 amide bonds. The van der Waals surface area contributed by atoms with Gasteiger partial charge in [0.05, 0.1) is 18.2 Å². The van der Waals surface area contributed by atoms with E-state index in [1.807, 2.05) is 39.0 Å². The van der Waals surface area contributed by atoms with Crippen molar-refractivity contribution in [2.75, 3.05) is 12.8 Å². The van der Waals surface area contributed by atoms with Crippen LogP contribution in [0.4, 0.5) is 5.82 Å². The lowest BCUT2D eigenvalue weighted by atomic mass is 10.1. The van der Waals surface area contributed by atoms with Crippen molar-refractivity contribution in [3.8, 4) is 17.1 Å². The van der Waals surface area contributed by atoms with E-state index in [-0.39, 0.29) is 17.3 Å². The second-order valence-corrected chi connectivity index (χ2v) is 5.07. The van der Waals surface area contributed by atoms with E-state index in [2.05, 4.69) is 9.97 Å². The SMILES string of the molecule is COc1cc(C)ccc1-c1nc(N)c(C(C)C)c(=O)[nH]1. The van der Waals surface area contributed by atoms with Gasteiger partial charge < -0.3 is 15.5 Å². The summed E-state index contributed by atoms with van der Waals surface area (Å²) in [6.07, 6.45) is 0. The van der Waals surface area contributed by atoms with Gasteiger partial charge in [-0.3, -0.25) is 4.79 Å². The Labute approximate surface area is 117 Å². The Morgan fingerprint density at radius 3 is 2.60 bits per heavy atom. The van der Waals surface area contributed by atoms with Crippen molar-refractivity contribution in [1.82, 2.24) is 9.97 Å². The van der Waals surface area contributed by atoms with Gasteiger partial charge >= 0.3 is 0 Å². The highest BCUT2D eigenvalue weighted by Crippen LogP contribution is 2.29. The summed E-state index contributed by atoms with van der Waals surface area (Å²) in [5, 5.41) is 0. The fourth-order valence-electron chi connectivity index (χ4n) is 2.18. The summed E-state index contributed by atoms with van der Waals surface area (Å²) in [4.78, 5) is 19.2. The number of nitrogens with one attached hydrogen (secondary N) is 1. The van der Waals surface area contributed by atoms with E-state index >= 15 is 0 Å². The number of H-pyrrole nitrogens is 1. The van der Waals surface area contributed by atoms with Crippen LogP contribution in [0.15, 0.2) is 23.0 Å². The molecule has 0 unspecified atom stereocenters. The van der Waals surface area contributed by atoms with Crippen molar-refractivity contribution in [2.24, 2.45) is 0 Å². The molecule has 2 rings (SSSR count). The van der Waals surface area contributed by atoms with E-state index in [1.165, 1.54) is 0 Å². The second kappa shape index (κ2) is 5.36. The number of methoxy groups -OCH3 is 1. The Morgan fingerprint density at radius 2 is 2.05 bits per heavy atom. The minimum atomic E-state index is -0.204. The highest BCUT2D eigenvalue weighted by atomic mass is 16.5. The summed E-state index contributed by atoms with van der Waals surface area (Å²) in [6, 6.07) is 5.69. The molecule has 1 heterocycles. The van der Waals surface area contributed by atoms with E-state index in [4.69, 9.17) is 10.5 Å². The Kier molecular flexibility index (Phi) is 3.79. The Hall–Kier alpha value is -2.30. The molecule has 0 aliphatic rings. The number of nitrogens with zero attached hydrogens (tertiary/aromatic N) is 1. The predicted molar refractivity (Wildman–Crippen MR) is 80.1 cm³/mol. The zero-order valence-corrected chi connectivity index (χ0v) is 12.2. The van der Waals surface area contributed by atoms with E-state index in [0.29, 0.717) is 17.1 Å². The van der Waals surface area contributed by atoms with Gasteiger partial charge in [0.15, 0.2) is 0 Å². The molecular formula is C15H19N3O2. The van der Waals surface area contributed by atoms with E-state index in [0.717, 1.165) is 11.1 Å². The van der Waals surface area contributed by atoms with Crippen LogP contribution in [0.5, 0.6) is 5.75 Å². The third-order valence-corrected chi connectivity index (χ3v) is 3.17. The zero-order chi connectivity index (χ0) is 14.9. The molecule has 106 valence electrons. The summed E-state index contributed by atoms with van der Waals surface area (Å²) in [5.74, 6) is 1.38. The first-order valence-corrected chi connectivity index (χ1v) is 6.48. The van der Waals surface area contributed by atoms with Crippen LogP contribution in [-0.2, 0) is 0 Å². The third kappa shape index (κ3) is 2.52. The quantitative estimate of drug-likeness (QED) is 0.900. The summed E-state index contributed by atoms with van der Waals surface area (Å²) >= 11 is 0. The van der Waals surface area contributed by atoms with Crippen molar-refractivity contribution < 1.29 is 4.74 Å². The summed E-state index contributed by atoms with van der Waals surface area (Å²) in [6.45, 7) is 5.79. The van der Waals surface area contributed by atoms with Crippen molar-refractivity contribution in [1.29, 1.82) is 0 Å². The molecule has 0 saturated heterocycles. The minimum Gasteiger partial charge on any atom is -0.496 e. The number of aryl methyl sites for hydroxylation is 1. The number of hydrogen-bond acceptors (Lipinski definition) is 4. The molecule has 0 aliphatic heterocycles. The number of benzene rings is 1. The molecule has 5 nitrogen and oxygen atoms in total. The molecule has 0 fully saturated rings. The van der Waals surface area contributed by atoms with Gasteiger partial charge in [-0.25, -0.2) is 4.98 Å². The predicted octanol–water partition coefficient (Wildman–Crippen LogP) is 2.46. The number of nitrogen functional groups attached to an aromatic ring is 1. The average molecular weight is 273 g/mol. The van der Waals surface area contributed by atoms with Crippen LogP contribution < -0.4 is 16.0 Å². The number of ether oxygens (including phenoxy) is 1. The van der Waals surface area contributed by atoms with Gasteiger partial charge in [-0.1, -0.05) is 19.9 Å². The normalized spacial score (nSPS) is 10.8. The number of anilines is 1. The molecule has 2 aromatic rings. The van der Waals surface area contributed by atoms with E-state index < -0.39 is 0 Å². The molecule has 0 bridgehead atoms. The highest BCUT2D eigenvalue weighted by Gasteiger charge is 2.15. The summed E-state index contributed by atoms with van der Waals surface area (Å²) < 4.78 is 5.34. The highest BCUT2D eigenvalue weighted by molar-refractivity contribution is 5.66. The van der Waals surface area contributed by atoms with Crippen LogP contribution in [0.1, 0.15) is 30.9 Å². The monoisotopic (exact) mass is 273 g/mol. The van der Waals surface area contributed by atoms with Gasteiger partial charge in [0, 0.05) is 0 Å². The molecule has 0 atom stereocenters. The Morgan fingerprint density at radius 1 is 1.35 bits per heavy atom. The molecule has 1 aromatic carbocycles. The molecule has 0 spiro atoms. The lowest BCUT2D eigenvalue weighted by Crippen LogP contribution is -2.19. The largest absolute Gasteiger partial charge is 0.496 e. The summed E-state index contributed by atoms with van der Waals surface area (Å²) in [5.41, 5.74) is 8.01. The lowest BCUT2D eigenvalue weighted by molar-refractivity contribution is 0.416. The lowest BCUT2D eigenvalue weighted by Gasteiger charge is -2.12. The second-order valence-electron chi connectivity index (χ2n) is 5.07. The van der Waals surface area contributed by atoms with Crippen molar-refractivity contribution >= 4 is 5.82 Å². The van der Waals surface area contributed by atoms with Gasteiger partial charge in [-0.15, -0.1) is 0 Å². The number of hydrogen-bond donors (Lipinski definition) is 2. The van der Waals surface area contributed by atoms with Crippen molar-refractivity contribution in [2.45, 2.75) is 26.7 Å². The minimum absolute atomic E-state index is 0.0280. The number of aromatic nitrogens is 2. The maximum absolute atomic E-state index is 12.1. The molecular weight excluding hydrogens is 254 g/mol. The first-order chi connectivity index (χ1) is 9.43. The molecule has 1 aromatic heterocycles. The number of nitrogens with two attached hydrogens (primary N) is 1. The van der Waals surface area contributed by atoms with Gasteiger partial charge in [0.1, 0.15) is 17.4 Å². The van der Waals surface area contributed by atoms with Crippen LogP contribution in [0.3, 0.4) is 0 Å². The molecule has 0 saturated carbocycles. The van der Waals surface area contributed by atoms with Gasteiger partial charge in [-0.2, -0.15) is 0 Å². The standard InChI is InChI=1S/C15H19N3O2/c1-8(2)12-13(16)17-14(18-15(12)19)10-6-5-9(3)7-11(10)20-4/h5-8H,1-4H3,(H3,16,17,18,19). The van der Waals surface area contributed by atoms with Crippen molar-refractivity contribution in [3.63, 3.8) is 0 Å². The molecule has 3 N–H and O–H groups in total. The first-order valence-electron chi connectivity index (χ1n) is 6.48. The first kappa shape index (κ1) is 14.1. The summed E-state index contributed by atoms with van der Waals surface area (Å²) in [7, 11) is 1.59. The van der Waals surface area contributed by atoms with E-state index in [9.17, 15) is 4.79 Å². The van der Waals surface area contributed by atoms with Gasteiger partial charge in [-0.05, 0) is 30.5 Å². The molecule has 0 aliphatic carbocycles. The number of rotatable bonds is 3. The molecule has 0 radical (unpaired) electrons. The van der Waals surface area contributed by atoms with Crippen LogP contribution in [0.25, 0.3) is 11.4 Å². The fourth-order valence-corrected chi connectivity index (χ4v) is 2.18. The maximum Gasteiger partial charge on any atom is 0.256 e. The topological polar surface area (TPSA) is 81.0 Å². The van der Waals surface area contributed by atoms with Crippen LogP contribution in [0, 0.1) is 6.92 Å². The Bertz CT molecular complexity index is 690. The number of aromatic amines is 1. The van der Waals surface area contributed by atoms with Crippen LogP contribution >= 0.6 is 0 Å². The zero-order valence-electron chi connectivity index (χ0n) is 12.2. The molecule has 5 heteroatoms. The Balaban J connectivity index is 2.63. The van der Waals surface area contributed by atoms with Crippen LogP contribution in [-0.4, -0.2) is 17.1 Å². The maximum atomic E-state index is 12.1. The fraction of sp³-hybridized carbons (Fsp3) is 0.333. The third-order valence-electron chi connectivity index (χ3n) is 3.17. The van der Waals surface area contributed by atoms with Gasteiger partial charge in [0.25, 0.3) is 5.56 Å². The van der Waals surface area contributed by atoms with Crippen LogP contribution in [0.2, 0.25) is 0 Å². The smallest absolute Gasteiger partial charge is 0.256 e. The van der Waals surface area contributed by atoms with Gasteiger partial charge in [0.2, 0.25) is 0 Å². The average Bonchev–Trinajstić information content (AvgIpc) is 2.37. The van der Waals surface area contributed by atoms with E-state index in [1.54, 1.807) is 7.11 Å². The van der Waals surface area contributed by atoms with Crippen molar-refractivity contribution in [3.05, 3.63) is 39.7 Å². The molecule has 20 heavy (non-hydrogen) atoms.